The van der Waals surface area contributed by atoms with Crippen molar-refractivity contribution < 1.29 is 18.3 Å². The SMILES string of the molecule is O=C(c1cn[nH]c1)N1CCC(Oc2ccc(F)cc2F)CC1. The molecule has 1 aromatic heterocycles. The van der Waals surface area contributed by atoms with Gasteiger partial charge in [-0.15, -0.1) is 0 Å². The van der Waals surface area contributed by atoms with Crippen molar-refractivity contribution >= 4 is 5.91 Å². The lowest BCUT2D eigenvalue weighted by Gasteiger charge is -2.32. The first-order valence-electron chi connectivity index (χ1n) is 7.03. The molecule has 116 valence electrons. The molecule has 22 heavy (non-hydrogen) atoms. The summed E-state index contributed by atoms with van der Waals surface area (Å²) in [5.74, 6) is -1.39. The zero-order chi connectivity index (χ0) is 15.5. The van der Waals surface area contributed by atoms with Crippen molar-refractivity contribution in [1.29, 1.82) is 0 Å². The van der Waals surface area contributed by atoms with Gasteiger partial charge < -0.3 is 9.64 Å². The molecular weight excluding hydrogens is 292 g/mol. The van der Waals surface area contributed by atoms with Gasteiger partial charge in [0.15, 0.2) is 11.6 Å². The van der Waals surface area contributed by atoms with E-state index in [0.717, 1.165) is 12.1 Å². The monoisotopic (exact) mass is 307 g/mol. The molecule has 1 amide bonds. The predicted octanol–water partition coefficient (Wildman–Crippen LogP) is 2.37. The molecule has 0 saturated carbocycles. The Kier molecular flexibility index (Phi) is 4.04. The second-order valence-electron chi connectivity index (χ2n) is 5.17. The maximum atomic E-state index is 13.6. The fourth-order valence-electron chi connectivity index (χ4n) is 2.48. The van der Waals surface area contributed by atoms with Crippen LogP contribution < -0.4 is 4.74 Å². The number of carbonyl (C=O) groups excluding carboxylic acids is 1. The molecule has 2 heterocycles. The van der Waals surface area contributed by atoms with Crippen molar-refractivity contribution in [1.82, 2.24) is 15.1 Å². The van der Waals surface area contributed by atoms with Gasteiger partial charge in [0.1, 0.15) is 11.9 Å². The van der Waals surface area contributed by atoms with Crippen LogP contribution in [0.5, 0.6) is 5.75 Å². The van der Waals surface area contributed by atoms with Crippen LogP contribution in [0.15, 0.2) is 30.6 Å². The Morgan fingerprint density at radius 2 is 2.09 bits per heavy atom. The first kappa shape index (κ1) is 14.5. The molecule has 1 fully saturated rings. The third-order valence-electron chi connectivity index (χ3n) is 3.66. The summed E-state index contributed by atoms with van der Waals surface area (Å²) < 4.78 is 32.0. The zero-order valence-corrected chi connectivity index (χ0v) is 11.8. The Hall–Kier alpha value is -2.44. The van der Waals surface area contributed by atoms with Gasteiger partial charge in [0.25, 0.3) is 5.91 Å². The number of halogens is 2. The van der Waals surface area contributed by atoms with Crippen LogP contribution in [0.3, 0.4) is 0 Å². The first-order valence-corrected chi connectivity index (χ1v) is 7.03. The van der Waals surface area contributed by atoms with Crippen LogP contribution in [-0.4, -0.2) is 40.2 Å². The molecule has 0 unspecified atom stereocenters. The summed E-state index contributed by atoms with van der Waals surface area (Å²) in [6, 6.07) is 3.25. The Bertz CT molecular complexity index is 653. The van der Waals surface area contributed by atoms with Crippen LogP contribution in [0.1, 0.15) is 23.2 Å². The molecule has 0 radical (unpaired) electrons. The summed E-state index contributed by atoms with van der Waals surface area (Å²) in [6.45, 7) is 1.05. The molecule has 7 heteroatoms. The van der Waals surface area contributed by atoms with Crippen LogP contribution in [0.2, 0.25) is 0 Å². The Balaban J connectivity index is 1.56. The van der Waals surface area contributed by atoms with Gasteiger partial charge in [-0.2, -0.15) is 5.10 Å². The smallest absolute Gasteiger partial charge is 0.257 e. The number of hydrogen-bond acceptors (Lipinski definition) is 3. The van der Waals surface area contributed by atoms with E-state index in [-0.39, 0.29) is 17.8 Å². The first-order chi connectivity index (χ1) is 10.6. The number of hydrogen-bond donors (Lipinski definition) is 1. The number of rotatable bonds is 3. The minimum atomic E-state index is -0.711. The van der Waals surface area contributed by atoms with Crippen molar-refractivity contribution in [2.45, 2.75) is 18.9 Å². The third kappa shape index (κ3) is 3.08. The summed E-state index contributed by atoms with van der Waals surface area (Å²) in [5, 5.41) is 6.36. The highest BCUT2D eigenvalue weighted by Crippen LogP contribution is 2.23. The van der Waals surface area contributed by atoms with Crippen LogP contribution >= 0.6 is 0 Å². The number of piperidine rings is 1. The highest BCUT2D eigenvalue weighted by atomic mass is 19.1. The molecule has 5 nitrogen and oxygen atoms in total. The number of aromatic nitrogens is 2. The number of ether oxygens (including phenoxy) is 1. The third-order valence-corrected chi connectivity index (χ3v) is 3.66. The molecule has 0 spiro atoms. The van der Waals surface area contributed by atoms with Gasteiger partial charge in [0, 0.05) is 38.2 Å². The summed E-state index contributed by atoms with van der Waals surface area (Å²) in [4.78, 5) is 13.9. The largest absolute Gasteiger partial charge is 0.487 e. The number of nitrogens with one attached hydrogen (secondary N) is 1. The van der Waals surface area contributed by atoms with E-state index in [1.807, 2.05) is 0 Å². The normalized spacial score (nSPS) is 15.8. The second kappa shape index (κ2) is 6.13. The minimum Gasteiger partial charge on any atom is -0.487 e. The number of carbonyl (C=O) groups is 1. The fraction of sp³-hybridized carbons (Fsp3) is 0.333. The lowest BCUT2D eigenvalue weighted by atomic mass is 10.1. The van der Waals surface area contributed by atoms with Gasteiger partial charge in [-0.25, -0.2) is 8.78 Å². The highest BCUT2D eigenvalue weighted by molar-refractivity contribution is 5.93. The van der Waals surface area contributed by atoms with E-state index >= 15 is 0 Å². The van der Waals surface area contributed by atoms with Crippen molar-refractivity contribution in [2.24, 2.45) is 0 Å². The van der Waals surface area contributed by atoms with Crippen molar-refractivity contribution in [3.63, 3.8) is 0 Å². The average Bonchev–Trinajstić information content (AvgIpc) is 3.04. The standard InChI is InChI=1S/C15H15F2N3O2/c16-11-1-2-14(13(17)7-11)22-12-3-5-20(6-4-12)15(21)10-8-18-19-9-10/h1-2,7-9,12H,3-6H2,(H,18,19). The van der Waals surface area contributed by atoms with Crippen molar-refractivity contribution in [2.75, 3.05) is 13.1 Å². The fourth-order valence-corrected chi connectivity index (χ4v) is 2.48. The molecule has 0 bridgehead atoms. The van der Waals surface area contributed by atoms with Gasteiger partial charge in [-0.1, -0.05) is 0 Å². The quantitative estimate of drug-likeness (QED) is 0.947. The predicted molar refractivity (Wildman–Crippen MR) is 74.5 cm³/mol. The topological polar surface area (TPSA) is 58.2 Å². The summed E-state index contributed by atoms with van der Waals surface area (Å²) in [5.41, 5.74) is 0.518. The summed E-state index contributed by atoms with van der Waals surface area (Å²) >= 11 is 0. The molecule has 1 aromatic carbocycles. The lowest BCUT2D eigenvalue weighted by Crippen LogP contribution is -2.41. The van der Waals surface area contributed by atoms with E-state index < -0.39 is 11.6 Å². The van der Waals surface area contributed by atoms with Gasteiger partial charge >= 0.3 is 0 Å². The Labute approximate surface area is 125 Å². The van der Waals surface area contributed by atoms with Gasteiger partial charge in [0.05, 0.1) is 11.8 Å². The van der Waals surface area contributed by atoms with Crippen molar-refractivity contribution in [3.8, 4) is 5.75 Å². The molecule has 1 aliphatic rings. The maximum Gasteiger partial charge on any atom is 0.257 e. The van der Waals surface area contributed by atoms with Crippen LogP contribution in [0.4, 0.5) is 8.78 Å². The average molecular weight is 307 g/mol. The van der Waals surface area contributed by atoms with E-state index in [2.05, 4.69) is 10.2 Å². The van der Waals surface area contributed by atoms with Crippen LogP contribution in [0.25, 0.3) is 0 Å². The molecule has 2 aromatic rings. The van der Waals surface area contributed by atoms with Gasteiger partial charge in [-0.05, 0) is 12.1 Å². The number of benzene rings is 1. The van der Waals surface area contributed by atoms with E-state index in [9.17, 15) is 13.6 Å². The number of amides is 1. The molecule has 1 aliphatic heterocycles. The number of nitrogens with zero attached hydrogens (tertiary/aromatic N) is 2. The Morgan fingerprint density at radius 1 is 1.32 bits per heavy atom. The zero-order valence-electron chi connectivity index (χ0n) is 11.8. The molecule has 1 N–H and O–H groups in total. The Morgan fingerprint density at radius 3 is 2.73 bits per heavy atom. The molecule has 1 saturated heterocycles. The van der Waals surface area contributed by atoms with Crippen LogP contribution in [-0.2, 0) is 0 Å². The molecule has 0 atom stereocenters. The minimum absolute atomic E-state index is 0.0426. The van der Waals surface area contributed by atoms with Crippen molar-refractivity contribution in [3.05, 3.63) is 47.8 Å². The van der Waals surface area contributed by atoms with E-state index in [1.54, 1.807) is 11.1 Å². The highest BCUT2D eigenvalue weighted by Gasteiger charge is 2.25. The molecule has 0 aliphatic carbocycles. The second-order valence-corrected chi connectivity index (χ2v) is 5.17. The van der Waals surface area contributed by atoms with Gasteiger partial charge in [-0.3, -0.25) is 9.89 Å². The van der Waals surface area contributed by atoms with E-state index in [1.165, 1.54) is 12.3 Å². The summed E-state index contributed by atoms with van der Waals surface area (Å²) in [7, 11) is 0. The molecule has 3 rings (SSSR count). The van der Waals surface area contributed by atoms with Crippen LogP contribution in [0, 0.1) is 11.6 Å². The maximum absolute atomic E-state index is 13.6. The van der Waals surface area contributed by atoms with E-state index in [0.29, 0.717) is 31.5 Å². The lowest BCUT2D eigenvalue weighted by molar-refractivity contribution is 0.0588. The number of likely N-dealkylation sites (tertiary alicyclic amines) is 1. The number of H-pyrrole nitrogens is 1. The van der Waals surface area contributed by atoms with Gasteiger partial charge in [0.2, 0.25) is 0 Å². The number of aromatic amines is 1. The summed E-state index contributed by atoms with van der Waals surface area (Å²) in [6.07, 6.45) is 4.05. The van der Waals surface area contributed by atoms with E-state index in [4.69, 9.17) is 4.74 Å². The molecular formula is C15H15F2N3O2.